The molecule has 0 saturated carbocycles. The third-order valence-corrected chi connectivity index (χ3v) is 3.29. The van der Waals surface area contributed by atoms with E-state index in [1.54, 1.807) is 6.92 Å². The van der Waals surface area contributed by atoms with E-state index < -0.39 is 5.97 Å². The Kier molecular flexibility index (Phi) is 5.86. The predicted octanol–water partition coefficient (Wildman–Crippen LogP) is 3.42. The minimum absolute atomic E-state index is 0.0864. The molecule has 5 heteroatoms. The molecule has 5 nitrogen and oxygen atoms in total. The number of phenols is 2. The van der Waals surface area contributed by atoms with Gasteiger partial charge in [-0.15, -0.1) is 0 Å². The highest BCUT2D eigenvalue weighted by atomic mass is 16.5. The zero-order valence-electron chi connectivity index (χ0n) is 13.0. The summed E-state index contributed by atoms with van der Waals surface area (Å²) >= 11 is 0. The van der Waals surface area contributed by atoms with Crippen molar-refractivity contribution in [3.8, 4) is 17.2 Å². The maximum absolute atomic E-state index is 12.0. The molecule has 0 fully saturated rings. The minimum Gasteiger partial charge on any atom is -0.508 e. The van der Waals surface area contributed by atoms with E-state index in [0.717, 1.165) is 18.2 Å². The maximum Gasteiger partial charge on any atom is 0.342 e. The quantitative estimate of drug-likeness (QED) is 0.604. The Bertz CT molecular complexity index is 629. The van der Waals surface area contributed by atoms with Crippen molar-refractivity contribution >= 4 is 5.97 Å². The van der Waals surface area contributed by atoms with Crippen molar-refractivity contribution in [2.24, 2.45) is 0 Å². The van der Waals surface area contributed by atoms with Crippen LogP contribution in [0.2, 0.25) is 0 Å². The molecule has 2 aromatic rings. The number of unbranched alkanes of at least 4 members (excludes halogenated alkanes) is 1. The number of carbonyl (C=O) groups excluding carboxylic acids is 1. The molecule has 0 unspecified atom stereocenters. The highest BCUT2D eigenvalue weighted by molar-refractivity contribution is 5.94. The Hall–Kier alpha value is -2.69. The van der Waals surface area contributed by atoms with E-state index in [4.69, 9.17) is 9.47 Å². The maximum atomic E-state index is 12.0. The summed E-state index contributed by atoms with van der Waals surface area (Å²) in [6, 6.07) is 12.0. The van der Waals surface area contributed by atoms with Gasteiger partial charge in [0.2, 0.25) is 0 Å². The molecule has 0 radical (unpaired) electrons. The van der Waals surface area contributed by atoms with Crippen molar-refractivity contribution in [2.75, 3.05) is 13.2 Å². The second kappa shape index (κ2) is 8.08. The lowest BCUT2D eigenvalue weighted by Crippen LogP contribution is -2.09. The van der Waals surface area contributed by atoms with Gasteiger partial charge in [0.15, 0.2) is 0 Å². The monoisotopic (exact) mass is 316 g/mol. The summed E-state index contributed by atoms with van der Waals surface area (Å²) in [4.78, 5) is 12.0. The van der Waals surface area contributed by atoms with Crippen molar-refractivity contribution in [3.05, 3.63) is 53.6 Å². The molecule has 2 rings (SSSR count). The van der Waals surface area contributed by atoms with E-state index in [-0.39, 0.29) is 23.7 Å². The number of ether oxygens (including phenoxy) is 2. The molecule has 2 aromatic carbocycles. The number of benzene rings is 2. The number of rotatable bonds is 7. The molecular formula is C18H20O5. The van der Waals surface area contributed by atoms with Gasteiger partial charge in [0.1, 0.15) is 22.8 Å². The fraction of sp³-hybridized carbons (Fsp3) is 0.278. The van der Waals surface area contributed by atoms with E-state index in [1.807, 2.05) is 30.3 Å². The Balaban J connectivity index is 1.71. The van der Waals surface area contributed by atoms with E-state index in [9.17, 15) is 15.0 Å². The van der Waals surface area contributed by atoms with Crippen molar-refractivity contribution in [3.63, 3.8) is 0 Å². The van der Waals surface area contributed by atoms with Gasteiger partial charge in [-0.2, -0.15) is 0 Å². The summed E-state index contributed by atoms with van der Waals surface area (Å²) in [6.45, 7) is 2.42. The van der Waals surface area contributed by atoms with Gasteiger partial charge < -0.3 is 19.7 Å². The minimum atomic E-state index is -0.594. The molecule has 0 heterocycles. The highest BCUT2D eigenvalue weighted by Gasteiger charge is 2.16. The molecular weight excluding hydrogens is 296 g/mol. The summed E-state index contributed by atoms with van der Waals surface area (Å²) in [5, 5.41) is 19.1. The van der Waals surface area contributed by atoms with Gasteiger partial charge in [0, 0.05) is 6.07 Å². The van der Waals surface area contributed by atoms with E-state index in [1.165, 1.54) is 6.07 Å². The van der Waals surface area contributed by atoms with Gasteiger partial charge in [-0.3, -0.25) is 0 Å². The molecule has 0 aliphatic heterocycles. The summed E-state index contributed by atoms with van der Waals surface area (Å²) in [5.41, 5.74) is 0.559. The molecule has 0 amide bonds. The highest BCUT2D eigenvalue weighted by Crippen LogP contribution is 2.27. The topological polar surface area (TPSA) is 76.0 Å². The van der Waals surface area contributed by atoms with Crippen LogP contribution in [-0.4, -0.2) is 29.4 Å². The Morgan fingerprint density at radius 2 is 1.74 bits per heavy atom. The number of aromatic hydroxyl groups is 2. The van der Waals surface area contributed by atoms with Gasteiger partial charge in [-0.05, 0) is 43.5 Å². The standard InChI is InChI=1S/C18H20O5/c1-13-11-14(19)12-16(20)17(13)18(21)23-10-6-5-9-22-15-7-3-2-4-8-15/h2-4,7-8,11-12,19-20H,5-6,9-10H2,1H3. The molecule has 0 saturated heterocycles. The molecule has 0 bridgehead atoms. The summed E-state index contributed by atoms with van der Waals surface area (Å²) < 4.78 is 10.7. The Morgan fingerprint density at radius 1 is 1.04 bits per heavy atom. The normalized spacial score (nSPS) is 10.3. The lowest BCUT2D eigenvalue weighted by molar-refractivity contribution is 0.0490. The fourth-order valence-electron chi connectivity index (χ4n) is 2.16. The van der Waals surface area contributed by atoms with Gasteiger partial charge in [-0.25, -0.2) is 4.79 Å². The zero-order chi connectivity index (χ0) is 16.7. The first-order valence-corrected chi connectivity index (χ1v) is 7.45. The van der Waals surface area contributed by atoms with Crippen LogP contribution in [0.5, 0.6) is 17.2 Å². The third kappa shape index (κ3) is 4.92. The largest absolute Gasteiger partial charge is 0.508 e. The molecule has 122 valence electrons. The van der Waals surface area contributed by atoms with Crippen LogP contribution < -0.4 is 4.74 Å². The number of phenolic OH excluding ortho intramolecular Hbond substituents is 2. The second-order valence-electron chi connectivity index (χ2n) is 5.16. The van der Waals surface area contributed by atoms with E-state index in [2.05, 4.69) is 0 Å². The number of para-hydroxylation sites is 1. The lowest BCUT2D eigenvalue weighted by Gasteiger charge is -2.10. The summed E-state index contributed by atoms with van der Waals surface area (Å²) in [7, 11) is 0. The first-order valence-electron chi connectivity index (χ1n) is 7.45. The molecule has 0 aliphatic carbocycles. The van der Waals surface area contributed by atoms with Gasteiger partial charge in [-0.1, -0.05) is 18.2 Å². The SMILES string of the molecule is Cc1cc(O)cc(O)c1C(=O)OCCCCOc1ccccc1. The Morgan fingerprint density at radius 3 is 2.43 bits per heavy atom. The smallest absolute Gasteiger partial charge is 0.342 e. The van der Waals surface area contributed by atoms with Crippen LogP contribution in [0.25, 0.3) is 0 Å². The average Bonchev–Trinajstić information content (AvgIpc) is 2.50. The van der Waals surface area contributed by atoms with Crippen molar-refractivity contribution < 1.29 is 24.5 Å². The average molecular weight is 316 g/mol. The zero-order valence-corrected chi connectivity index (χ0v) is 13.0. The van der Waals surface area contributed by atoms with Crippen LogP contribution in [-0.2, 0) is 4.74 Å². The van der Waals surface area contributed by atoms with Crippen LogP contribution in [0.3, 0.4) is 0 Å². The van der Waals surface area contributed by atoms with E-state index >= 15 is 0 Å². The van der Waals surface area contributed by atoms with Crippen LogP contribution >= 0.6 is 0 Å². The first kappa shape index (κ1) is 16.7. The predicted molar refractivity (Wildman–Crippen MR) is 86.0 cm³/mol. The van der Waals surface area contributed by atoms with Gasteiger partial charge in [0.05, 0.1) is 13.2 Å². The molecule has 0 spiro atoms. The van der Waals surface area contributed by atoms with Gasteiger partial charge >= 0.3 is 5.97 Å². The third-order valence-electron chi connectivity index (χ3n) is 3.29. The lowest BCUT2D eigenvalue weighted by atomic mass is 10.1. The van der Waals surface area contributed by atoms with Crippen LogP contribution in [0.1, 0.15) is 28.8 Å². The van der Waals surface area contributed by atoms with Crippen LogP contribution in [0.15, 0.2) is 42.5 Å². The Labute approximate surface area is 135 Å². The second-order valence-corrected chi connectivity index (χ2v) is 5.16. The number of aryl methyl sites for hydroxylation is 1. The first-order chi connectivity index (χ1) is 11.1. The number of hydrogen-bond donors (Lipinski definition) is 2. The van der Waals surface area contributed by atoms with Crippen LogP contribution in [0, 0.1) is 6.92 Å². The molecule has 0 aromatic heterocycles. The van der Waals surface area contributed by atoms with Crippen molar-refractivity contribution in [1.29, 1.82) is 0 Å². The molecule has 0 atom stereocenters. The molecule has 0 aliphatic rings. The van der Waals surface area contributed by atoms with Crippen molar-refractivity contribution in [2.45, 2.75) is 19.8 Å². The number of carbonyl (C=O) groups is 1. The summed E-state index contributed by atoms with van der Waals surface area (Å²) in [6.07, 6.45) is 1.42. The summed E-state index contributed by atoms with van der Waals surface area (Å²) in [5.74, 6) is -0.146. The molecule has 23 heavy (non-hydrogen) atoms. The fourth-order valence-corrected chi connectivity index (χ4v) is 2.16. The van der Waals surface area contributed by atoms with Crippen molar-refractivity contribution in [1.82, 2.24) is 0 Å². The molecule has 2 N–H and O–H groups in total. The number of hydrogen-bond acceptors (Lipinski definition) is 5. The van der Waals surface area contributed by atoms with Crippen LogP contribution in [0.4, 0.5) is 0 Å². The van der Waals surface area contributed by atoms with Gasteiger partial charge in [0.25, 0.3) is 0 Å². The number of esters is 1. The van der Waals surface area contributed by atoms with E-state index in [0.29, 0.717) is 18.6 Å².